The average molecular weight is 416 g/mol. The molecule has 0 spiro atoms. The van der Waals surface area contributed by atoms with E-state index in [0.717, 1.165) is 0 Å². The number of benzene rings is 2. The Labute approximate surface area is 166 Å². The normalized spacial score (nSPS) is 21.7. The molecule has 0 aliphatic heterocycles. The molecular weight excluding hydrogens is 394 g/mol. The maximum atomic E-state index is 13.7. The van der Waals surface area contributed by atoms with Crippen molar-refractivity contribution >= 4 is 19.7 Å². The van der Waals surface area contributed by atoms with Gasteiger partial charge in [0.25, 0.3) is 0 Å². The van der Waals surface area contributed by atoms with E-state index in [1.165, 1.54) is 24.3 Å². The molecule has 5 nitrogen and oxygen atoms in total. The van der Waals surface area contributed by atoms with Crippen molar-refractivity contribution in [3.05, 3.63) is 73.3 Å². The van der Waals surface area contributed by atoms with Gasteiger partial charge in [0.15, 0.2) is 23.8 Å². The van der Waals surface area contributed by atoms with E-state index in [4.69, 9.17) is 5.26 Å². The van der Waals surface area contributed by atoms with Gasteiger partial charge in [-0.2, -0.15) is 5.26 Å². The summed E-state index contributed by atoms with van der Waals surface area (Å²) in [5, 5.41) is 9.17. The van der Waals surface area contributed by atoms with Crippen LogP contribution in [-0.2, 0) is 19.7 Å². The van der Waals surface area contributed by atoms with Gasteiger partial charge in [-0.1, -0.05) is 42.5 Å². The number of nitrogens with zero attached hydrogens (tertiary/aromatic N) is 1. The van der Waals surface area contributed by atoms with Crippen LogP contribution >= 0.6 is 0 Å². The van der Waals surface area contributed by atoms with Crippen molar-refractivity contribution < 1.29 is 16.8 Å². The third-order valence-electron chi connectivity index (χ3n) is 5.47. The highest BCUT2D eigenvalue weighted by atomic mass is 32.3. The van der Waals surface area contributed by atoms with E-state index >= 15 is 0 Å². The molecule has 2 atom stereocenters. The molecule has 1 aliphatic rings. The highest BCUT2D eigenvalue weighted by molar-refractivity contribution is 8.10. The van der Waals surface area contributed by atoms with Crippen LogP contribution in [0.3, 0.4) is 0 Å². The fourth-order valence-corrected chi connectivity index (χ4v) is 9.30. The quantitative estimate of drug-likeness (QED) is 0.670. The van der Waals surface area contributed by atoms with Gasteiger partial charge in [0.05, 0.1) is 15.9 Å². The number of sulfone groups is 2. The second kappa shape index (κ2) is 7.53. The number of rotatable bonds is 6. The minimum Gasteiger partial charge on any atom is -0.222 e. The number of hydrogen-bond acceptors (Lipinski definition) is 5. The van der Waals surface area contributed by atoms with Crippen LogP contribution in [0.15, 0.2) is 83.1 Å². The molecule has 28 heavy (non-hydrogen) atoms. The molecule has 146 valence electrons. The predicted octanol–water partition coefficient (Wildman–Crippen LogP) is 3.76. The fraction of sp³-hybridized carbons (Fsp3) is 0.286. The van der Waals surface area contributed by atoms with E-state index in [-0.39, 0.29) is 40.9 Å². The molecule has 0 amide bonds. The Bertz CT molecular complexity index is 1030. The Morgan fingerprint density at radius 3 is 1.79 bits per heavy atom. The Balaban J connectivity index is 2.28. The van der Waals surface area contributed by atoms with Crippen molar-refractivity contribution in [1.29, 1.82) is 5.26 Å². The van der Waals surface area contributed by atoms with Crippen LogP contribution in [0.2, 0.25) is 0 Å². The Morgan fingerprint density at radius 2 is 1.39 bits per heavy atom. The van der Waals surface area contributed by atoms with Gasteiger partial charge >= 0.3 is 0 Å². The Morgan fingerprint density at radius 1 is 0.929 bits per heavy atom. The highest BCUT2D eigenvalue weighted by Gasteiger charge is 2.61. The smallest absolute Gasteiger partial charge is 0.198 e. The lowest BCUT2D eigenvalue weighted by Crippen LogP contribution is -2.44. The minimum atomic E-state index is -4.25. The lowest BCUT2D eigenvalue weighted by molar-refractivity contribution is 0.468. The van der Waals surface area contributed by atoms with Crippen molar-refractivity contribution in [2.45, 2.75) is 33.1 Å². The summed E-state index contributed by atoms with van der Waals surface area (Å²) < 4.78 is 52.7. The topological polar surface area (TPSA) is 92.1 Å². The fourth-order valence-electron chi connectivity index (χ4n) is 3.99. The summed E-state index contributed by atoms with van der Waals surface area (Å²) in [5.41, 5.74) is 0. The molecular formula is C21H21NO4S2. The summed E-state index contributed by atoms with van der Waals surface area (Å²) in [4.78, 5) is -0.0650. The summed E-state index contributed by atoms with van der Waals surface area (Å²) >= 11 is 0. The van der Waals surface area contributed by atoms with Crippen LogP contribution < -0.4 is 0 Å². The SMILES string of the molecule is C=C[C@@H]1CC(S(=O)(=O)c2ccccc2)(S(=O)(=O)c2ccccc2)C[C@H]1CC#N. The molecule has 0 aromatic heterocycles. The van der Waals surface area contributed by atoms with E-state index in [1.807, 2.05) is 0 Å². The second-order valence-electron chi connectivity index (χ2n) is 6.97. The van der Waals surface area contributed by atoms with Gasteiger partial charge in [-0.3, -0.25) is 0 Å². The van der Waals surface area contributed by atoms with E-state index in [0.29, 0.717) is 0 Å². The van der Waals surface area contributed by atoms with Crippen LogP contribution in [0.4, 0.5) is 0 Å². The highest BCUT2D eigenvalue weighted by Crippen LogP contribution is 2.53. The molecule has 2 aromatic carbocycles. The van der Waals surface area contributed by atoms with Crippen molar-refractivity contribution in [2.75, 3.05) is 0 Å². The average Bonchev–Trinajstić information content (AvgIpc) is 3.10. The molecule has 3 rings (SSSR count). The van der Waals surface area contributed by atoms with Crippen molar-refractivity contribution in [2.24, 2.45) is 11.8 Å². The van der Waals surface area contributed by atoms with Crippen LogP contribution in [0.1, 0.15) is 19.3 Å². The van der Waals surface area contributed by atoms with E-state index < -0.39 is 23.8 Å². The van der Waals surface area contributed by atoms with Crippen molar-refractivity contribution in [3.8, 4) is 6.07 Å². The third-order valence-corrected chi connectivity index (χ3v) is 11.2. The molecule has 0 radical (unpaired) electrons. The number of allylic oxidation sites excluding steroid dienone is 1. The first-order chi connectivity index (χ1) is 13.3. The Kier molecular flexibility index (Phi) is 5.46. The predicted molar refractivity (Wildman–Crippen MR) is 107 cm³/mol. The van der Waals surface area contributed by atoms with Gasteiger partial charge in [-0.15, -0.1) is 6.58 Å². The summed E-state index contributed by atoms with van der Waals surface area (Å²) in [5.74, 6) is -0.768. The minimum absolute atomic E-state index is 0.0325. The molecule has 7 heteroatoms. The van der Waals surface area contributed by atoms with Crippen molar-refractivity contribution in [1.82, 2.24) is 0 Å². The van der Waals surface area contributed by atoms with Gasteiger partial charge in [0, 0.05) is 6.42 Å². The maximum Gasteiger partial charge on any atom is 0.198 e. The van der Waals surface area contributed by atoms with E-state index in [9.17, 15) is 16.8 Å². The number of hydrogen-bond donors (Lipinski definition) is 0. The first-order valence-corrected chi connectivity index (χ1v) is 11.9. The lowest BCUT2D eigenvalue weighted by atomic mass is 9.94. The summed E-state index contributed by atoms with van der Waals surface area (Å²) in [7, 11) is -8.49. The van der Waals surface area contributed by atoms with Crippen LogP contribution in [-0.4, -0.2) is 20.9 Å². The van der Waals surface area contributed by atoms with E-state index in [2.05, 4.69) is 12.6 Å². The lowest BCUT2D eigenvalue weighted by Gasteiger charge is -2.29. The van der Waals surface area contributed by atoms with E-state index in [1.54, 1.807) is 42.5 Å². The molecule has 0 unspecified atom stereocenters. The first kappa shape index (κ1) is 20.3. The third kappa shape index (κ3) is 3.07. The molecule has 2 aromatic rings. The molecule has 1 saturated carbocycles. The summed E-state index contributed by atoms with van der Waals surface area (Å²) in [6.45, 7) is 3.75. The molecule has 1 aliphatic carbocycles. The van der Waals surface area contributed by atoms with Gasteiger partial charge in [0.1, 0.15) is 0 Å². The number of nitriles is 1. The van der Waals surface area contributed by atoms with Gasteiger partial charge < -0.3 is 0 Å². The molecule has 0 N–H and O–H groups in total. The zero-order chi connectivity index (χ0) is 20.4. The van der Waals surface area contributed by atoms with Gasteiger partial charge in [-0.25, -0.2) is 16.8 Å². The monoisotopic (exact) mass is 415 g/mol. The summed E-state index contributed by atoms with van der Waals surface area (Å²) in [6.07, 6.45) is 1.40. The van der Waals surface area contributed by atoms with Crippen LogP contribution in [0, 0.1) is 23.2 Å². The second-order valence-corrected chi connectivity index (χ2v) is 11.8. The van der Waals surface area contributed by atoms with Gasteiger partial charge in [0.2, 0.25) is 0 Å². The zero-order valence-corrected chi connectivity index (χ0v) is 16.9. The maximum absolute atomic E-state index is 13.7. The molecule has 0 bridgehead atoms. The first-order valence-electron chi connectivity index (χ1n) is 8.89. The van der Waals surface area contributed by atoms with Gasteiger partial charge in [-0.05, 0) is 48.9 Å². The van der Waals surface area contributed by atoms with Crippen LogP contribution in [0.5, 0.6) is 0 Å². The van der Waals surface area contributed by atoms with Crippen LogP contribution in [0.25, 0.3) is 0 Å². The largest absolute Gasteiger partial charge is 0.222 e. The Hall–Kier alpha value is -2.43. The summed E-state index contributed by atoms with van der Waals surface area (Å²) in [6, 6.07) is 17.4. The molecule has 0 saturated heterocycles. The molecule has 1 fully saturated rings. The van der Waals surface area contributed by atoms with Crippen molar-refractivity contribution in [3.63, 3.8) is 0 Å². The zero-order valence-electron chi connectivity index (χ0n) is 15.2. The molecule has 0 heterocycles. The standard InChI is InChI=1S/C21H21NO4S2/c1-2-17-15-21(16-18(17)13-14-22,27(23,24)19-9-5-3-6-10-19)28(25,26)20-11-7-4-8-12-20/h2-12,17-18H,1,13,15-16H2/t17-,18-/m1/s1.